The Hall–Kier alpha value is -2.35. The number of phenolic OH excluding ortho intramolecular Hbond substituents is 1. The molecule has 0 unspecified atom stereocenters. The van der Waals surface area contributed by atoms with E-state index in [9.17, 15) is 9.90 Å². The summed E-state index contributed by atoms with van der Waals surface area (Å²) >= 11 is -0.384. The predicted octanol–water partition coefficient (Wildman–Crippen LogP) is -0.153. The molecule has 0 aliphatic carbocycles. The normalized spacial score (nSPS) is 13.9. The van der Waals surface area contributed by atoms with Crippen LogP contribution in [0.3, 0.4) is 0 Å². The molecule has 0 saturated carbocycles. The first kappa shape index (κ1) is 17.5. The van der Waals surface area contributed by atoms with Gasteiger partial charge in [0.25, 0.3) is 0 Å². The molecule has 2 aromatic rings. The number of rotatable bonds is 6. The van der Waals surface area contributed by atoms with Gasteiger partial charge in [0.05, 0.1) is 0 Å². The summed E-state index contributed by atoms with van der Waals surface area (Å²) in [6.07, 6.45) is 1.45. The zero-order valence-corrected chi connectivity index (χ0v) is 15.6. The van der Waals surface area contributed by atoms with E-state index in [0.717, 1.165) is 34.6 Å². The van der Waals surface area contributed by atoms with Crippen molar-refractivity contribution < 1.29 is 36.5 Å². The average Bonchev–Trinajstić information content (AvgIpc) is 2.63. The van der Waals surface area contributed by atoms with E-state index in [1.807, 2.05) is 36.4 Å². The van der Waals surface area contributed by atoms with Gasteiger partial charge < -0.3 is 0 Å². The molecule has 3 N–H and O–H groups in total. The summed E-state index contributed by atoms with van der Waals surface area (Å²) in [5.41, 5.74) is 4.27. The molecule has 3 rings (SSSR count). The van der Waals surface area contributed by atoms with E-state index in [0.29, 0.717) is 6.42 Å². The zero-order chi connectivity index (χ0) is 17.6. The summed E-state index contributed by atoms with van der Waals surface area (Å²) < 4.78 is 6.78. The molecule has 5 nitrogen and oxygen atoms in total. The molecule has 1 aliphatic heterocycles. The molecule has 2 aromatic carbocycles. The third kappa shape index (κ3) is 5.06. The van der Waals surface area contributed by atoms with Crippen LogP contribution in [0.15, 0.2) is 61.5 Å². The quantitative estimate of drug-likeness (QED) is 0.536. The number of allylic oxidation sites excluding steroid dienone is 1. The van der Waals surface area contributed by atoms with Gasteiger partial charge in [-0.25, -0.2) is 0 Å². The van der Waals surface area contributed by atoms with Crippen LogP contribution < -0.4 is 26.8 Å². The summed E-state index contributed by atoms with van der Waals surface area (Å²) in [6, 6.07) is 15.1. The number of hydrogen-bond donors (Lipinski definition) is 3. The Morgan fingerprint density at radius 1 is 1.04 bits per heavy atom. The van der Waals surface area contributed by atoms with Gasteiger partial charge in [0.15, 0.2) is 0 Å². The SMILES string of the molecule is O=C(O)CCc1ccc(C2=N[I-]C=C(Cc3ccc(O)cc3)N2)cc1. The Balaban J connectivity index is 1.62. The minimum atomic E-state index is -0.781. The van der Waals surface area contributed by atoms with Crippen LogP contribution in [0, 0.1) is 0 Å². The van der Waals surface area contributed by atoms with Crippen LogP contribution in [-0.2, 0) is 17.6 Å². The number of carbonyl (C=O) groups is 1. The number of carboxylic acid groups (broad SMARTS) is 1. The van der Waals surface area contributed by atoms with Crippen LogP contribution in [0.2, 0.25) is 0 Å². The van der Waals surface area contributed by atoms with Crippen LogP contribution >= 0.6 is 0 Å². The third-order valence-electron chi connectivity index (χ3n) is 3.78. The van der Waals surface area contributed by atoms with Gasteiger partial charge in [-0.3, -0.25) is 0 Å². The molecule has 0 radical (unpaired) electrons. The molecule has 0 saturated heterocycles. The first-order valence-electron chi connectivity index (χ1n) is 7.86. The average molecular weight is 449 g/mol. The molecule has 0 spiro atoms. The van der Waals surface area contributed by atoms with Gasteiger partial charge in [-0.15, -0.1) is 0 Å². The summed E-state index contributed by atoms with van der Waals surface area (Å²) in [4.78, 5) is 10.6. The maximum absolute atomic E-state index is 10.6. The number of benzene rings is 2. The summed E-state index contributed by atoms with van der Waals surface area (Å²) in [5, 5.41) is 21.5. The molecule has 0 aromatic heterocycles. The van der Waals surface area contributed by atoms with Gasteiger partial charge in [-0.05, 0) is 0 Å². The van der Waals surface area contributed by atoms with E-state index >= 15 is 0 Å². The number of halogens is 1. The first-order valence-corrected chi connectivity index (χ1v) is 10.1. The van der Waals surface area contributed by atoms with Crippen molar-refractivity contribution in [2.24, 2.45) is 3.21 Å². The molecular formula is C19H18IN2O3-. The van der Waals surface area contributed by atoms with Crippen molar-refractivity contribution in [3.63, 3.8) is 0 Å². The molecule has 0 fully saturated rings. The van der Waals surface area contributed by atoms with Crippen molar-refractivity contribution in [3.8, 4) is 5.75 Å². The van der Waals surface area contributed by atoms with E-state index in [-0.39, 0.29) is 33.6 Å². The zero-order valence-electron chi connectivity index (χ0n) is 13.4. The van der Waals surface area contributed by atoms with Crippen LogP contribution in [-0.4, -0.2) is 22.0 Å². The van der Waals surface area contributed by atoms with Crippen LogP contribution in [0.25, 0.3) is 0 Å². The molecule has 0 bridgehead atoms. The number of hydrogen-bond acceptors (Lipinski definition) is 4. The Morgan fingerprint density at radius 2 is 1.72 bits per heavy atom. The van der Waals surface area contributed by atoms with Gasteiger partial charge >= 0.3 is 157 Å². The molecule has 0 atom stereocenters. The predicted molar refractivity (Wildman–Crippen MR) is 92.0 cm³/mol. The van der Waals surface area contributed by atoms with E-state index in [1.165, 1.54) is 0 Å². The van der Waals surface area contributed by atoms with Gasteiger partial charge in [0.2, 0.25) is 0 Å². The molecule has 130 valence electrons. The monoisotopic (exact) mass is 449 g/mol. The van der Waals surface area contributed by atoms with Crippen molar-refractivity contribution in [2.75, 3.05) is 0 Å². The number of amidine groups is 1. The van der Waals surface area contributed by atoms with E-state index < -0.39 is 5.97 Å². The van der Waals surface area contributed by atoms with Crippen molar-refractivity contribution in [2.45, 2.75) is 19.3 Å². The number of aromatic hydroxyl groups is 1. The second-order valence-corrected chi connectivity index (χ2v) is 7.39. The van der Waals surface area contributed by atoms with E-state index in [4.69, 9.17) is 5.11 Å². The molecule has 25 heavy (non-hydrogen) atoms. The number of nitrogens with one attached hydrogen (secondary N) is 1. The Labute approximate surface area is 156 Å². The summed E-state index contributed by atoms with van der Waals surface area (Å²) in [7, 11) is 0. The number of phenols is 1. The fraction of sp³-hybridized carbons (Fsp3) is 0.158. The first-order chi connectivity index (χ1) is 12.1. The Kier molecular flexibility index (Phi) is 5.70. The molecule has 6 heteroatoms. The minimum absolute atomic E-state index is 0.142. The van der Waals surface area contributed by atoms with Crippen LogP contribution in [0.5, 0.6) is 5.75 Å². The van der Waals surface area contributed by atoms with E-state index in [2.05, 4.69) is 12.6 Å². The second kappa shape index (κ2) is 8.15. The maximum atomic E-state index is 10.6. The summed E-state index contributed by atoms with van der Waals surface area (Å²) in [6.45, 7) is 0. The molecule has 1 aliphatic rings. The van der Waals surface area contributed by atoms with E-state index in [1.54, 1.807) is 12.1 Å². The fourth-order valence-corrected chi connectivity index (χ4v) is 3.98. The topological polar surface area (TPSA) is 81.9 Å². The standard InChI is InChI=1S/C19H18IN2O3/c23-17-8-3-14(4-9-17)11-16-12-20-22-19(21-16)15-6-1-13(2-7-15)5-10-18(24)25/h1-4,6-9,12,23H,5,10-11H2,(H,21,22)(H,24,25)/q-1. The van der Waals surface area contributed by atoms with Gasteiger partial charge in [-0.2, -0.15) is 0 Å². The van der Waals surface area contributed by atoms with Crippen LogP contribution in [0.4, 0.5) is 0 Å². The van der Waals surface area contributed by atoms with Gasteiger partial charge in [0, 0.05) is 0 Å². The Morgan fingerprint density at radius 3 is 2.40 bits per heavy atom. The summed E-state index contributed by atoms with van der Waals surface area (Å²) in [5.74, 6) is 0.358. The van der Waals surface area contributed by atoms with Crippen molar-refractivity contribution in [3.05, 3.63) is 75.0 Å². The number of aliphatic carboxylic acids is 1. The number of aryl methyl sites for hydroxylation is 1. The van der Waals surface area contributed by atoms with Crippen molar-refractivity contribution in [1.82, 2.24) is 5.32 Å². The molecule has 1 heterocycles. The fourth-order valence-electron chi connectivity index (χ4n) is 2.45. The van der Waals surface area contributed by atoms with Gasteiger partial charge in [0.1, 0.15) is 0 Å². The number of nitrogens with zero attached hydrogens (tertiary/aromatic N) is 1. The van der Waals surface area contributed by atoms with Crippen LogP contribution in [0.1, 0.15) is 23.1 Å². The van der Waals surface area contributed by atoms with Crippen molar-refractivity contribution >= 4 is 11.8 Å². The number of carboxylic acids is 1. The van der Waals surface area contributed by atoms with Gasteiger partial charge in [-0.1, -0.05) is 0 Å². The third-order valence-corrected chi connectivity index (χ3v) is 5.57. The molecule has 0 amide bonds. The Bertz CT molecular complexity index is 812. The molecular weight excluding hydrogens is 431 g/mol. The van der Waals surface area contributed by atoms with Crippen molar-refractivity contribution in [1.29, 1.82) is 0 Å². The second-order valence-electron chi connectivity index (χ2n) is 5.72.